The van der Waals surface area contributed by atoms with Gasteiger partial charge in [-0.25, -0.2) is 8.93 Å². The van der Waals surface area contributed by atoms with E-state index in [0.717, 1.165) is 18.7 Å². The van der Waals surface area contributed by atoms with E-state index in [1.807, 2.05) is 49.4 Å². The number of rotatable bonds is 6. The van der Waals surface area contributed by atoms with E-state index in [1.165, 1.54) is 5.56 Å². The molecule has 4 nitrogen and oxygen atoms in total. The first-order valence-corrected chi connectivity index (χ1v) is 8.74. The van der Waals surface area contributed by atoms with Gasteiger partial charge in [0.1, 0.15) is 17.0 Å². The fraction of sp³-hybridized carbons (Fsp3) is 0.278. The van der Waals surface area contributed by atoms with Gasteiger partial charge in [-0.3, -0.25) is 4.90 Å². The summed E-state index contributed by atoms with van der Waals surface area (Å²) < 4.78 is 15.3. The van der Waals surface area contributed by atoms with Gasteiger partial charge in [-0.2, -0.15) is 5.26 Å². The Kier molecular flexibility index (Phi) is 4.87. The third-order valence-corrected chi connectivity index (χ3v) is 5.15. The molecule has 0 saturated carbocycles. The van der Waals surface area contributed by atoms with E-state index in [9.17, 15) is 9.47 Å². The fourth-order valence-corrected chi connectivity index (χ4v) is 3.51. The zero-order chi connectivity index (χ0) is 16.2. The van der Waals surface area contributed by atoms with Crippen LogP contribution in [0.2, 0.25) is 0 Å². The van der Waals surface area contributed by atoms with E-state index < -0.39 is 17.0 Å². The molecule has 3 rings (SSSR count). The molecular weight excluding hydrogens is 306 g/mol. The molecule has 2 aromatic rings. The molecular formula is C18H19N3OS. The largest absolute Gasteiger partial charge is 0.291 e. The number of hydrogen-bond acceptors (Lipinski definition) is 3. The summed E-state index contributed by atoms with van der Waals surface area (Å²) in [6.45, 7) is 3.66. The number of benzene rings is 2. The molecule has 0 bridgehead atoms. The second-order valence-corrected chi connectivity index (χ2v) is 7.03. The summed E-state index contributed by atoms with van der Waals surface area (Å²) in [6.07, 6.45) is 0. The molecule has 0 spiro atoms. The second-order valence-electron chi connectivity index (χ2n) is 5.79. The van der Waals surface area contributed by atoms with Crippen molar-refractivity contribution in [2.75, 3.05) is 6.54 Å². The highest BCUT2D eigenvalue weighted by atomic mass is 32.2. The fourth-order valence-electron chi connectivity index (χ4n) is 2.55. The molecule has 1 aliphatic rings. The molecule has 5 heteroatoms. The lowest BCUT2D eigenvalue weighted by molar-refractivity contribution is 0.476. The van der Waals surface area contributed by atoms with Crippen molar-refractivity contribution >= 4 is 11.0 Å². The van der Waals surface area contributed by atoms with Crippen LogP contribution in [0.15, 0.2) is 59.5 Å². The Hall–Kier alpha value is -2.00. The normalized spacial score (nSPS) is 22.1. The first kappa shape index (κ1) is 15.9. The lowest BCUT2D eigenvalue weighted by Gasteiger charge is -2.11. The molecule has 1 N–H and O–H groups in total. The maximum atomic E-state index is 12.4. The van der Waals surface area contributed by atoms with Gasteiger partial charge < -0.3 is 0 Å². The average Bonchev–Trinajstić information content (AvgIpc) is 3.33. The standard InChI is InChI=1S/C18H19N3OS/c1-14-7-9-16(10-8-14)23(22)20-17(11-19)18-13-21(18)12-15-5-3-2-4-6-15/h2-10,17-18,20H,12-13H2,1H3/t17-,18-,21?,23?/m0/s1. The summed E-state index contributed by atoms with van der Waals surface area (Å²) in [6, 6.07) is 19.6. The monoisotopic (exact) mass is 325 g/mol. The lowest BCUT2D eigenvalue weighted by atomic mass is 10.2. The van der Waals surface area contributed by atoms with Gasteiger partial charge in [-0.05, 0) is 24.6 Å². The quantitative estimate of drug-likeness (QED) is 0.830. The molecule has 0 radical (unpaired) electrons. The summed E-state index contributed by atoms with van der Waals surface area (Å²) in [4.78, 5) is 2.91. The molecule has 1 fully saturated rings. The van der Waals surface area contributed by atoms with Crippen molar-refractivity contribution in [1.82, 2.24) is 9.62 Å². The minimum atomic E-state index is -1.36. The molecule has 23 heavy (non-hydrogen) atoms. The molecule has 4 atom stereocenters. The summed E-state index contributed by atoms with van der Waals surface area (Å²) in [5.74, 6) is 0. The third-order valence-electron chi connectivity index (χ3n) is 3.98. The van der Waals surface area contributed by atoms with Crippen molar-refractivity contribution in [3.63, 3.8) is 0 Å². The van der Waals surface area contributed by atoms with Crippen molar-refractivity contribution in [2.24, 2.45) is 0 Å². The van der Waals surface area contributed by atoms with Crippen LogP contribution in [0.5, 0.6) is 0 Å². The summed E-state index contributed by atoms with van der Waals surface area (Å²) in [5.41, 5.74) is 2.35. The number of nitrogens with one attached hydrogen (secondary N) is 1. The van der Waals surface area contributed by atoms with E-state index in [0.29, 0.717) is 4.90 Å². The molecule has 1 heterocycles. The van der Waals surface area contributed by atoms with Gasteiger partial charge >= 0.3 is 0 Å². The molecule has 0 amide bonds. The highest BCUT2D eigenvalue weighted by Crippen LogP contribution is 2.24. The zero-order valence-corrected chi connectivity index (χ0v) is 13.8. The Labute approximate surface area is 139 Å². The van der Waals surface area contributed by atoms with Crippen LogP contribution < -0.4 is 4.72 Å². The first-order valence-electron chi connectivity index (χ1n) is 7.59. The summed E-state index contributed by atoms with van der Waals surface area (Å²) in [7, 11) is -1.36. The van der Waals surface area contributed by atoms with Crippen molar-refractivity contribution in [1.29, 1.82) is 5.26 Å². The van der Waals surface area contributed by atoms with Gasteiger partial charge in [0.15, 0.2) is 0 Å². The maximum Gasteiger partial charge on any atom is 0.126 e. The van der Waals surface area contributed by atoms with Crippen LogP contribution in [0.25, 0.3) is 0 Å². The predicted molar refractivity (Wildman–Crippen MR) is 90.8 cm³/mol. The van der Waals surface area contributed by atoms with Crippen LogP contribution in [-0.2, 0) is 17.5 Å². The van der Waals surface area contributed by atoms with Crippen LogP contribution in [0.3, 0.4) is 0 Å². The zero-order valence-electron chi connectivity index (χ0n) is 13.0. The molecule has 2 unspecified atom stereocenters. The highest BCUT2D eigenvalue weighted by Gasteiger charge is 2.41. The maximum absolute atomic E-state index is 12.4. The first-order chi connectivity index (χ1) is 11.2. The minimum Gasteiger partial charge on any atom is -0.291 e. The van der Waals surface area contributed by atoms with Gasteiger partial charge in [0.05, 0.1) is 17.0 Å². The molecule has 1 aliphatic heterocycles. The summed E-state index contributed by atoms with van der Waals surface area (Å²) >= 11 is 0. The molecule has 0 aromatic heterocycles. The van der Waals surface area contributed by atoms with Gasteiger partial charge in [0, 0.05) is 13.1 Å². The number of aryl methyl sites for hydroxylation is 1. The van der Waals surface area contributed by atoms with Crippen molar-refractivity contribution in [3.8, 4) is 6.07 Å². The Morgan fingerprint density at radius 2 is 1.96 bits per heavy atom. The third kappa shape index (κ3) is 4.05. The Morgan fingerprint density at radius 1 is 1.26 bits per heavy atom. The second kappa shape index (κ2) is 7.05. The summed E-state index contributed by atoms with van der Waals surface area (Å²) in [5, 5.41) is 9.39. The average molecular weight is 325 g/mol. The van der Waals surface area contributed by atoms with Crippen LogP contribution in [0.4, 0.5) is 0 Å². The van der Waals surface area contributed by atoms with Crippen molar-refractivity contribution in [3.05, 3.63) is 65.7 Å². The van der Waals surface area contributed by atoms with Crippen LogP contribution in [0, 0.1) is 18.3 Å². The smallest absolute Gasteiger partial charge is 0.126 e. The Morgan fingerprint density at radius 3 is 2.61 bits per heavy atom. The predicted octanol–water partition coefficient (Wildman–Crippen LogP) is 2.38. The minimum absolute atomic E-state index is 0.120. The van der Waals surface area contributed by atoms with Crippen LogP contribution >= 0.6 is 0 Å². The Bertz CT molecular complexity index is 724. The number of nitrogens with zero attached hydrogens (tertiary/aromatic N) is 2. The topological polar surface area (TPSA) is 55.9 Å². The molecule has 118 valence electrons. The van der Waals surface area contributed by atoms with E-state index in [2.05, 4.69) is 27.8 Å². The number of hydrogen-bond donors (Lipinski definition) is 1. The SMILES string of the molecule is Cc1ccc(S(=O)N[C@@H](C#N)[C@@H]2CN2Cc2ccccc2)cc1. The van der Waals surface area contributed by atoms with E-state index >= 15 is 0 Å². The van der Waals surface area contributed by atoms with Crippen molar-refractivity contribution in [2.45, 2.75) is 30.4 Å². The molecule has 0 aliphatic carbocycles. The van der Waals surface area contributed by atoms with E-state index in [4.69, 9.17) is 0 Å². The van der Waals surface area contributed by atoms with Crippen LogP contribution in [0.1, 0.15) is 11.1 Å². The van der Waals surface area contributed by atoms with Gasteiger partial charge in [-0.15, -0.1) is 0 Å². The Balaban J connectivity index is 1.58. The van der Waals surface area contributed by atoms with Gasteiger partial charge in [-0.1, -0.05) is 48.0 Å². The lowest BCUT2D eigenvalue weighted by Crippen LogP contribution is -2.35. The van der Waals surface area contributed by atoms with E-state index in [1.54, 1.807) is 0 Å². The molecule has 2 aromatic carbocycles. The van der Waals surface area contributed by atoms with Gasteiger partial charge in [0.25, 0.3) is 0 Å². The highest BCUT2D eigenvalue weighted by molar-refractivity contribution is 7.83. The van der Waals surface area contributed by atoms with Gasteiger partial charge in [0.2, 0.25) is 0 Å². The van der Waals surface area contributed by atoms with Crippen molar-refractivity contribution < 1.29 is 4.21 Å². The number of nitriles is 1. The van der Waals surface area contributed by atoms with E-state index in [-0.39, 0.29) is 6.04 Å². The molecule has 1 saturated heterocycles. The van der Waals surface area contributed by atoms with Crippen LogP contribution in [-0.4, -0.2) is 27.7 Å².